The minimum atomic E-state index is -0.353. The smallest absolute Gasteiger partial charge is 0.257 e. The van der Waals surface area contributed by atoms with Crippen LogP contribution in [0.15, 0.2) is 42.6 Å². The minimum Gasteiger partial charge on any atom is -0.350 e. The van der Waals surface area contributed by atoms with Gasteiger partial charge in [0.25, 0.3) is 11.8 Å². The molecule has 6 heteroatoms. The molecule has 0 fully saturated rings. The van der Waals surface area contributed by atoms with Crippen molar-refractivity contribution in [1.29, 1.82) is 0 Å². The molecular formula is C16H16ClN3O2. The molecule has 2 amide bonds. The average Bonchev–Trinajstić information content (AvgIpc) is 2.47. The summed E-state index contributed by atoms with van der Waals surface area (Å²) in [5, 5.41) is 5.83. The Bertz CT molecular complexity index is 684. The van der Waals surface area contributed by atoms with Gasteiger partial charge in [-0.05, 0) is 38.1 Å². The van der Waals surface area contributed by atoms with Crippen molar-refractivity contribution >= 4 is 29.1 Å². The molecule has 1 aromatic heterocycles. The Morgan fingerprint density at radius 3 is 2.45 bits per heavy atom. The van der Waals surface area contributed by atoms with E-state index in [2.05, 4.69) is 15.6 Å². The van der Waals surface area contributed by atoms with E-state index in [1.54, 1.807) is 30.3 Å². The van der Waals surface area contributed by atoms with Gasteiger partial charge in [0.05, 0.1) is 16.8 Å². The third-order valence-electron chi connectivity index (χ3n) is 2.83. The van der Waals surface area contributed by atoms with Crippen LogP contribution in [0.3, 0.4) is 0 Å². The Hall–Kier alpha value is -2.40. The number of carbonyl (C=O) groups is 2. The zero-order valence-corrected chi connectivity index (χ0v) is 13.0. The van der Waals surface area contributed by atoms with Crippen LogP contribution in [0.2, 0.25) is 5.15 Å². The lowest BCUT2D eigenvalue weighted by Crippen LogP contribution is -2.31. The SMILES string of the molecule is CC(C)NC(=O)c1ccccc1NC(=O)c1ccc(Cl)nc1. The molecule has 0 spiro atoms. The highest BCUT2D eigenvalue weighted by Gasteiger charge is 2.14. The van der Waals surface area contributed by atoms with Gasteiger partial charge in [0.2, 0.25) is 0 Å². The van der Waals surface area contributed by atoms with Crippen molar-refractivity contribution < 1.29 is 9.59 Å². The molecule has 1 aromatic carbocycles. The van der Waals surface area contributed by atoms with Gasteiger partial charge in [-0.2, -0.15) is 0 Å². The number of anilines is 1. The van der Waals surface area contributed by atoms with Crippen molar-refractivity contribution in [2.45, 2.75) is 19.9 Å². The van der Waals surface area contributed by atoms with Gasteiger partial charge in [0.1, 0.15) is 5.15 Å². The fourth-order valence-electron chi connectivity index (χ4n) is 1.83. The van der Waals surface area contributed by atoms with Crippen molar-refractivity contribution in [2.75, 3.05) is 5.32 Å². The molecule has 0 aliphatic heterocycles. The number of pyridine rings is 1. The number of amides is 2. The highest BCUT2D eigenvalue weighted by atomic mass is 35.5. The number of nitrogens with one attached hydrogen (secondary N) is 2. The van der Waals surface area contributed by atoms with Crippen molar-refractivity contribution in [3.8, 4) is 0 Å². The lowest BCUT2D eigenvalue weighted by atomic mass is 10.1. The van der Waals surface area contributed by atoms with E-state index in [9.17, 15) is 9.59 Å². The summed E-state index contributed by atoms with van der Waals surface area (Å²) >= 11 is 5.70. The van der Waals surface area contributed by atoms with Crippen molar-refractivity contribution in [1.82, 2.24) is 10.3 Å². The van der Waals surface area contributed by atoms with Gasteiger partial charge < -0.3 is 10.6 Å². The minimum absolute atomic E-state index is 0.0109. The van der Waals surface area contributed by atoms with Crippen LogP contribution in [0.5, 0.6) is 0 Å². The summed E-state index contributed by atoms with van der Waals surface area (Å²) in [4.78, 5) is 28.2. The first-order valence-corrected chi connectivity index (χ1v) is 7.18. The van der Waals surface area contributed by atoms with E-state index in [0.29, 0.717) is 22.0 Å². The lowest BCUT2D eigenvalue weighted by molar-refractivity contribution is 0.0944. The molecule has 0 aliphatic rings. The average molecular weight is 318 g/mol. The Labute approximate surface area is 133 Å². The van der Waals surface area contributed by atoms with Gasteiger partial charge >= 0.3 is 0 Å². The third-order valence-corrected chi connectivity index (χ3v) is 3.05. The molecule has 2 aromatic rings. The topological polar surface area (TPSA) is 71.1 Å². The summed E-state index contributed by atoms with van der Waals surface area (Å²) in [5.41, 5.74) is 1.22. The first-order chi connectivity index (χ1) is 10.5. The highest BCUT2D eigenvalue weighted by molar-refractivity contribution is 6.29. The molecule has 2 N–H and O–H groups in total. The van der Waals surface area contributed by atoms with E-state index < -0.39 is 0 Å². The quantitative estimate of drug-likeness (QED) is 0.851. The lowest BCUT2D eigenvalue weighted by Gasteiger charge is -2.13. The van der Waals surface area contributed by atoms with Crippen molar-refractivity contribution in [2.24, 2.45) is 0 Å². The molecule has 2 rings (SSSR count). The Kier molecular flexibility index (Phi) is 5.12. The van der Waals surface area contributed by atoms with E-state index >= 15 is 0 Å². The molecule has 114 valence electrons. The van der Waals surface area contributed by atoms with Crippen LogP contribution in [0.25, 0.3) is 0 Å². The summed E-state index contributed by atoms with van der Waals surface area (Å²) in [5.74, 6) is -0.589. The summed E-state index contributed by atoms with van der Waals surface area (Å²) in [7, 11) is 0. The van der Waals surface area contributed by atoms with Crippen LogP contribution in [0.4, 0.5) is 5.69 Å². The number of hydrogen-bond donors (Lipinski definition) is 2. The monoisotopic (exact) mass is 317 g/mol. The van der Waals surface area contributed by atoms with Gasteiger partial charge in [-0.1, -0.05) is 23.7 Å². The molecule has 0 atom stereocenters. The van der Waals surface area contributed by atoms with Gasteiger partial charge in [-0.3, -0.25) is 9.59 Å². The number of hydrogen-bond acceptors (Lipinski definition) is 3. The second kappa shape index (κ2) is 7.04. The number of aromatic nitrogens is 1. The first-order valence-electron chi connectivity index (χ1n) is 6.80. The predicted octanol–water partition coefficient (Wildman–Crippen LogP) is 3.13. The van der Waals surface area contributed by atoms with Crippen LogP contribution in [-0.2, 0) is 0 Å². The van der Waals surface area contributed by atoms with E-state index in [1.807, 2.05) is 13.8 Å². The maximum absolute atomic E-state index is 12.2. The van der Waals surface area contributed by atoms with E-state index in [1.165, 1.54) is 12.3 Å². The number of rotatable bonds is 4. The van der Waals surface area contributed by atoms with Crippen LogP contribution >= 0.6 is 11.6 Å². The van der Waals surface area contributed by atoms with E-state index in [4.69, 9.17) is 11.6 Å². The van der Waals surface area contributed by atoms with Crippen LogP contribution < -0.4 is 10.6 Å². The van der Waals surface area contributed by atoms with Crippen LogP contribution in [-0.4, -0.2) is 22.8 Å². The van der Waals surface area contributed by atoms with Gasteiger partial charge in [-0.15, -0.1) is 0 Å². The molecule has 0 radical (unpaired) electrons. The molecule has 0 bridgehead atoms. The van der Waals surface area contributed by atoms with Crippen molar-refractivity contribution in [3.63, 3.8) is 0 Å². The molecule has 0 aliphatic carbocycles. The van der Waals surface area contributed by atoms with Crippen LogP contribution in [0.1, 0.15) is 34.6 Å². The largest absolute Gasteiger partial charge is 0.350 e. The Balaban J connectivity index is 2.21. The number of halogens is 1. The normalized spacial score (nSPS) is 10.4. The molecule has 22 heavy (non-hydrogen) atoms. The molecule has 0 saturated heterocycles. The number of para-hydroxylation sites is 1. The second-order valence-electron chi connectivity index (χ2n) is 5.00. The second-order valence-corrected chi connectivity index (χ2v) is 5.38. The molecule has 5 nitrogen and oxygen atoms in total. The van der Waals surface area contributed by atoms with Gasteiger partial charge in [-0.25, -0.2) is 4.98 Å². The fraction of sp³-hybridized carbons (Fsp3) is 0.188. The summed E-state index contributed by atoms with van der Waals surface area (Å²) in [6, 6.07) is 9.95. The third kappa shape index (κ3) is 4.05. The number of carbonyl (C=O) groups excluding carboxylic acids is 2. The Morgan fingerprint density at radius 2 is 1.82 bits per heavy atom. The standard InChI is InChI=1S/C16H16ClN3O2/c1-10(2)19-16(22)12-5-3-4-6-13(12)20-15(21)11-7-8-14(17)18-9-11/h3-10H,1-2H3,(H,19,22)(H,20,21). The molecule has 0 unspecified atom stereocenters. The van der Waals surface area contributed by atoms with Gasteiger partial charge in [0.15, 0.2) is 0 Å². The first kappa shape index (κ1) is 16.0. The predicted molar refractivity (Wildman–Crippen MR) is 86.2 cm³/mol. The summed E-state index contributed by atoms with van der Waals surface area (Å²) < 4.78 is 0. The van der Waals surface area contributed by atoms with E-state index in [0.717, 1.165) is 0 Å². The summed E-state index contributed by atoms with van der Waals surface area (Å²) in [6.07, 6.45) is 1.38. The maximum Gasteiger partial charge on any atom is 0.257 e. The zero-order chi connectivity index (χ0) is 16.1. The zero-order valence-electron chi connectivity index (χ0n) is 12.3. The van der Waals surface area contributed by atoms with Crippen LogP contribution in [0, 0.1) is 0 Å². The highest BCUT2D eigenvalue weighted by Crippen LogP contribution is 2.16. The number of benzene rings is 1. The molecular weight excluding hydrogens is 302 g/mol. The maximum atomic E-state index is 12.2. The molecule has 0 saturated carbocycles. The number of nitrogens with zero attached hydrogens (tertiary/aromatic N) is 1. The van der Waals surface area contributed by atoms with Gasteiger partial charge in [0, 0.05) is 12.2 Å². The summed E-state index contributed by atoms with van der Waals surface area (Å²) in [6.45, 7) is 3.75. The van der Waals surface area contributed by atoms with E-state index in [-0.39, 0.29) is 17.9 Å². The van der Waals surface area contributed by atoms with Crippen molar-refractivity contribution in [3.05, 3.63) is 58.9 Å². The fourth-order valence-corrected chi connectivity index (χ4v) is 1.95. The Morgan fingerprint density at radius 1 is 1.09 bits per heavy atom. The molecule has 1 heterocycles.